The highest BCUT2D eigenvalue weighted by atomic mass is 32.2. The van der Waals surface area contributed by atoms with Crippen molar-refractivity contribution in [2.24, 2.45) is 0 Å². The third-order valence-electron chi connectivity index (χ3n) is 4.31. The van der Waals surface area contributed by atoms with Crippen molar-refractivity contribution in [3.63, 3.8) is 0 Å². The second kappa shape index (κ2) is 6.41. The normalized spacial score (nSPS) is 22.3. The molecule has 1 aliphatic rings. The fourth-order valence-corrected chi connectivity index (χ4v) is 3.78. The van der Waals surface area contributed by atoms with E-state index in [1.807, 2.05) is 26.0 Å². The molecule has 1 saturated heterocycles. The average Bonchev–Trinajstić information content (AvgIpc) is 2.92. The summed E-state index contributed by atoms with van der Waals surface area (Å²) < 4.78 is 0. The Bertz CT molecular complexity index is 490. The molecule has 1 atom stereocenters. The quantitative estimate of drug-likeness (QED) is 0.879. The number of thioether (sulfide) groups is 1. The standard InChI is InChI=1S/C17H25NO2S/c1-4-13-5-7-14(8-6-13)16(2,3)15(19)18-11-17(20)9-10-21-12-17/h5-8,20H,4,9-12H2,1-3H3,(H,18,19). The molecule has 1 aromatic rings. The van der Waals surface area contributed by atoms with Crippen LogP contribution in [0.15, 0.2) is 24.3 Å². The summed E-state index contributed by atoms with van der Waals surface area (Å²) in [4.78, 5) is 12.5. The fourth-order valence-electron chi connectivity index (χ4n) is 2.49. The van der Waals surface area contributed by atoms with Crippen molar-refractivity contribution in [2.45, 2.75) is 44.6 Å². The van der Waals surface area contributed by atoms with Gasteiger partial charge >= 0.3 is 0 Å². The number of hydrogen-bond donors (Lipinski definition) is 2. The third-order valence-corrected chi connectivity index (χ3v) is 5.55. The minimum atomic E-state index is -0.734. The summed E-state index contributed by atoms with van der Waals surface area (Å²) in [5.41, 5.74) is 0.953. The van der Waals surface area contributed by atoms with Crippen LogP contribution >= 0.6 is 11.8 Å². The Hall–Kier alpha value is -1.00. The zero-order chi connectivity index (χ0) is 15.5. The summed E-state index contributed by atoms with van der Waals surface area (Å²) in [5.74, 6) is 1.64. The lowest BCUT2D eigenvalue weighted by atomic mass is 9.83. The van der Waals surface area contributed by atoms with E-state index < -0.39 is 11.0 Å². The van der Waals surface area contributed by atoms with E-state index >= 15 is 0 Å². The van der Waals surface area contributed by atoms with Gasteiger partial charge in [-0.05, 0) is 43.6 Å². The molecule has 4 heteroatoms. The Kier molecular flexibility index (Phi) is 4.99. The van der Waals surface area contributed by atoms with Gasteiger partial charge in [-0.15, -0.1) is 0 Å². The van der Waals surface area contributed by atoms with Gasteiger partial charge in [-0.3, -0.25) is 4.79 Å². The first-order chi connectivity index (χ1) is 9.87. The molecule has 1 unspecified atom stereocenters. The number of amides is 1. The summed E-state index contributed by atoms with van der Waals surface area (Å²) in [7, 11) is 0. The number of carbonyl (C=O) groups excluding carboxylic acids is 1. The highest BCUT2D eigenvalue weighted by Crippen LogP contribution is 2.28. The Morgan fingerprint density at radius 3 is 2.57 bits per heavy atom. The second-order valence-electron chi connectivity index (χ2n) is 6.39. The van der Waals surface area contributed by atoms with E-state index in [1.165, 1.54) is 5.56 Å². The van der Waals surface area contributed by atoms with Crippen LogP contribution in [0.1, 0.15) is 38.3 Å². The first kappa shape index (κ1) is 16.4. The molecule has 116 valence electrons. The number of benzene rings is 1. The van der Waals surface area contributed by atoms with E-state index in [9.17, 15) is 9.90 Å². The van der Waals surface area contributed by atoms with E-state index in [4.69, 9.17) is 0 Å². The van der Waals surface area contributed by atoms with Crippen LogP contribution in [0, 0.1) is 0 Å². The predicted molar refractivity (Wildman–Crippen MR) is 88.7 cm³/mol. The molecule has 0 saturated carbocycles. The summed E-state index contributed by atoms with van der Waals surface area (Å²) in [6.07, 6.45) is 1.75. The summed E-state index contributed by atoms with van der Waals surface area (Å²) in [5, 5.41) is 13.2. The van der Waals surface area contributed by atoms with Gasteiger partial charge in [0.25, 0.3) is 0 Å². The van der Waals surface area contributed by atoms with Crippen molar-refractivity contribution >= 4 is 17.7 Å². The zero-order valence-corrected chi connectivity index (χ0v) is 13.9. The van der Waals surface area contributed by atoms with Crippen LogP contribution < -0.4 is 5.32 Å². The summed E-state index contributed by atoms with van der Waals surface area (Å²) in [6, 6.07) is 8.20. The molecule has 0 bridgehead atoms. The first-order valence-electron chi connectivity index (χ1n) is 7.55. The van der Waals surface area contributed by atoms with Crippen LogP contribution in [0.4, 0.5) is 0 Å². The Balaban J connectivity index is 2.01. The van der Waals surface area contributed by atoms with Crippen molar-refractivity contribution in [1.82, 2.24) is 5.32 Å². The maximum Gasteiger partial charge on any atom is 0.230 e. The largest absolute Gasteiger partial charge is 0.387 e. The topological polar surface area (TPSA) is 49.3 Å². The minimum Gasteiger partial charge on any atom is -0.387 e. The van der Waals surface area contributed by atoms with Crippen molar-refractivity contribution < 1.29 is 9.90 Å². The van der Waals surface area contributed by atoms with Gasteiger partial charge in [-0.25, -0.2) is 0 Å². The smallest absolute Gasteiger partial charge is 0.230 e. The van der Waals surface area contributed by atoms with Crippen LogP contribution in [0.25, 0.3) is 0 Å². The van der Waals surface area contributed by atoms with Crippen molar-refractivity contribution in [3.8, 4) is 0 Å². The van der Waals surface area contributed by atoms with Crippen molar-refractivity contribution in [2.75, 3.05) is 18.1 Å². The van der Waals surface area contributed by atoms with Crippen molar-refractivity contribution in [1.29, 1.82) is 0 Å². The van der Waals surface area contributed by atoms with Crippen LogP contribution in [0.3, 0.4) is 0 Å². The van der Waals surface area contributed by atoms with Crippen LogP contribution in [0.2, 0.25) is 0 Å². The van der Waals surface area contributed by atoms with Gasteiger partial charge in [0, 0.05) is 12.3 Å². The molecule has 1 aliphatic heterocycles. The Morgan fingerprint density at radius 1 is 1.38 bits per heavy atom. The molecule has 2 rings (SSSR count). The van der Waals surface area contributed by atoms with E-state index in [0.29, 0.717) is 12.3 Å². The third kappa shape index (κ3) is 3.80. The monoisotopic (exact) mass is 307 g/mol. The molecule has 1 fully saturated rings. The molecule has 1 aromatic carbocycles. The first-order valence-corrected chi connectivity index (χ1v) is 8.71. The molecule has 0 aliphatic carbocycles. The van der Waals surface area contributed by atoms with E-state index in [2.05, 4.69) is 24.4 Å². The van der Waals surface area contributed by atoms with E-state index in [0.717, 1.165) is 24.2 Å². The Labute approximate surface area is 131 Å². The minimum absolute atomic E-state index is 0.0305. The van der Waals surface area contributed by atoms with Gasteiger partial charge in [0.1, 0.15) is 0 Å². The second-order valence-corrected chi connectivity index (χ2v) is 7.49. The number of aliphatic hydroxyl groups is 1. The van der Waals surface area contributed by atoms with Crippen LogP contribution in [-0.2, 0) is 16.6 Å². The molecule has 0 spiro atoms. The predicted octanol–water partition coefficient (Wildman–Crippen LogP) is 2.51. The molecular weight excluding hydrogens is 282 g/mol. The highest BCUT2D eigenvalue weighted by molar-refractivity contribution is 7.99. The molecule has 3 nitrogen and oxygen atoms in total. The van der Waals surface area contributed by atoms with E-state index in [-0.39, 0.29) is 5.91 Å². The highest BCUT2D eigenvalue weighted by Gasteiger charge is 2.35. The fraction of sp³-hybridized carbons (Fsp3) is 0.588. The maximum atomic E-state index is 12.5. The summed E-state index contributed by atoms with van der Waals surface area (Å²) >= 11 is 1.74. The molecular formula is C17H25NO2S. The van der Waals surface area contributed by atoms with Crippen LogP contribution in [-0.4, -0.2) is 34.7 Å². The lowest BCUT2D eigenvalue weighted by molar-refractivity contribution is -0.126. The Morgan fingerprint density at radius 2 is 2.05 bits per heavy atom. The van der Waals surface area contributed by atoms with Crippen LogP contribution in [0.5, 0.6) is 0 Å². The molecule has 21 heavy (non-hydrogen) atoms. The number of nitrogens with one attached hydrogen (secondary N) is 1. The van der Waals surface area contributed by atoms with Gasteiger partial charge in [-0.2, -0.15) is 11.8 Å². The van der Waals surface area contributed by atoms with Gasteiger partial charge in [0.2, 0.25) is 5.91 Å². The van der Waals surface area contributed by atoms with Gasteiger partial charge in [-0.1, -0.05) is 31.2 Å². The number of rotatable bonds is 5. The number of carbonyl (C=O) groups is 1. The molecule has 0 aromatic heterocycles. The van der Waals surface area contributed by atoms with Gasteiger partial charge < -0.3 is 10.4 Å². The van der Waals surface area contributed by atoms with Gasteiger partial charge in [0.15, 0.2) is 0 Å². The maximum absolute atomic E-state index is 12.5. The molecule has 1 heterocycles. The molecule has 2 N–H and O–H groups in total. The summed E-state index contributed by atoms with van der Waals surface area (Å²) in [6.45, 7) is 6.32. The molecule has 1 amide bonds. The lowest BCUT2D eigenvalue weighted by Crippen LogP contribution is -2.48. The lowest BCUT2D eigenvalue weighted by Gasteiger charge is -2.28. The van der Waals surface area contributed by atoms with E-state index in [1.54, 1.807) is 11.8 Å². The van der Waals surface area contributed by atoms with Crippen molar-refractivity contribution in [3.05, 3.63) is 35.4 Å². The molecule has 0 radical (unpaired) electrons. The number of hydrogen-bond acceptors (Lipinski definition) is 3. The SMILES string of the molecule is CCc1ccc(C(C)(C)C(=O)NCC2(O)CCSC2)cc1. The number of aryl methyl sites for hydroxylation is 1. The zero-order valence-electron chi connectivity index (χ0n) is 13.1. The average molecular weight is 307 g/mol. The van der Waals surface area contributed by atoms with Gasteiger partial charge in [0.05, 0.1) is 11.0 Å².